The number of rotatable bonds is 9. The van der Waals surface area contributed by atoms with E-state index >= 15 is 0 Å². The van der Waals surface area contributed by atoms with Crippen molar-refractivity contribution in [1.29, 1.82) is 0 Å². The summed E-state index contributed by atoms with van der Waals surface area (Å²) in [5.41, 5.74) is 1.92. The van der Waals surface area contributed by atoms with Crippen LogP contribution in [0.2, 0.25) is 0 Å². The monoisotopic (exact) mass is 503 g/mol. The first-order valence-corrected chi connectivity index (χ1v) is 14.1. The fraction of sp³-hybridized carbons (Fsp3) is 0.571. The third kappa shape index (κ3) is 5.13. The maximum atomic E-state index is 14.9. The Morgan fingerprint density at radius 2 is 1.77 bits per heavy atom. The molecule has 192 valence electrons. The lowest BCUT2D eigenvalue weighted by atomic mass is 9.81. The average molecular weight is 504 g/mol. The Balaban J connectivity index is 1.76. The highest BCUT2D eigenvalue weighted by molar-refractivity contribution is 7.91. The second-order valence-electron chi connectivity index (χ2n) is 11.3. The maximum absolute atomic E-state index is 14.9. The number of ether oxygens (including phenoxy) is 1. The molecule has 0 radical (unpaired) electrons. The highest BCUT2D eigenvalue weighted by atomic mass is 32.2. The lowest BCUT2D eigenvalue weighted by Gasteiger charge is -2.33. The summed E-state index contributed by atoms with van der Waals surface area (Å²) in [5.74, 6) is 0.378. The van der Waals surface area contributed by atoms with Crippen LogP contribution in [-0.4, -0.2) is 30.6 Å². The van der Waals surface area contributed by atoms with Gasteiger partial charge in [0, 0.05) is 11.0 Å². The molecule has 0 saturated heterocycles. The number of aliphatic hydroxyl groups is 1. The molecule has 0 heterocycles. The van der Waals surface area contributed by atoms with Crippen molar-refractivity contribution in [2.24, 2.45) is 0 Å². The first kappa shape index (κ1) is 26.1. The van der Waals surface area contributed by atoms with Gasteiger partial charge in [-0.05, 0) is 86.3 Å². The van der Waals surface area contributed by atoms with Crippen LogP contribution >= 0.6 is 0 Å². The summed E-state index contributed by atoms with van der Waals surface area (Å²) in [7, 11) is -3.66. The Labute approximate surface area is 209 Å². The molecule has 1 atom stereocenters. The van der Waals surface area contributed by atoms with Crippen LogP contribution in [0.1, 0.15) is 90.2 Å². The number of hydrogen-bond acceptors (Lipinski definition) is 4. The zero-order valence-corrected chi connectivity index (χ0v) is 22.2. The van der Waals surface area contributed by atoms with Crippen molar-refractivity contribution < 1.29 is 22.7 Å². The molecule has 2 fully saturated rings. The minimum atomic E-state index is -3.66. The summed E-state index contributed by atoms with van der Waals surface area (Å²) in [4.78, 5) is 0. The molecular weight excluding hydrogens is 465 g/mol. The first-order chi connectivity index (χ1) is 16.4. The van der Waals surface area contributed by atoms with Gasteiger partial charge < -0.3 is 9.84 Å². The largest absolute Gasteiger partial charge is 0.490 e. The van der Waals surface area contributed by atoms with Crippen molar-refractivity contribution in [3.8, 4) is 16.9 Å². The first-order valence-electron chi connectivity index (χ1n) is 12.7. The van der Waals surface area contributed by atoms with Gasteiger partial charge in [0.2, 0.25) is 10.0 Å². The van der Waals surface area contributed by atoms with Gasteiger partial charge in [-0.25, -0.2) is 12.8 Å². The maximum Gasteiger partial charge on any atom is 0.219 e. The van der Waals surface area contributed by atoms with Crippen LogP contribution in [0.4, 0.5) is 4.39 Å². The second-order valence-corrected chi connectivity index (χ2v) is 13.5. The molecule has 35 heavy (non-hydrogen) atoms. The van der Waals surface area contributed by atoms with Crippen molar-refractivity contribution in [2.45, 2.75) is 102 Å². The van der Waals surface area contributed by atoms with Crippen LogP contribution in [-0.2, 0) is 15.4 Å². The Morgan fingerprint density at radius 1 is 1.11 bits per heavy atom. The molecule has 0 spiro atoms. The van der Waals surface area contributed by atoms with E-state index in [4.69, 9.17) is 4.74 Å². The summed E-state index contributed by atoms with van der Waals surface area (Å²) >= 11 is 0. The zero-order chi connectivity index (χ0) is 25.6. The summed E-state index contributed by atoms with van der Waals surface area (Å²) in [6, 6.07) is 10.7. The standard InChI is InChI=1S/C28H38FNO4S/c1-18(2)25-21(11-8-12-23(25)29)22-17-19(13-14-24(22)34-20-9-6-7-10-20)27(3,4)26(31)30-35(32,33)28(5)15-16-28/h8,11-14,17-18,20,26,30-31H,6-7,9-10,15-16H2,1-5H3. The van der Waals surface area contributed by atoms with E-state index < -0.39 is 26.4 Å². The zero-order valence-electron chi connectivity index (χ0n) is 21.4. The Bertz CT molecular complexity index is 1180. The number of halogens is 1. The molecular formula is C28H38FNO4S. The van der Waals surface area contributed by atoms with Crippen LogP contribution in [0.5, 0.6) is 5.75 Å². The van der Waals surface area contributed by atoms with Crippen LogP contribution in [0.3, 0.4) is 0 Å². The van der Waals surface area contributed by atoms with E-state index in [1.54, 1.807) is 26.8 Å². The predicted octanol–water partition coefficient (Wildman–Crippen LogP) is 6.01. The Morgan fingerprint density at radius 3 is 2.37 bits per heavy atom. The van der Waals surface area contributed by atoms with Gasteiger partial charge in [0.05, 0.1) is 10.9 Å². The second kappa shape index (κ2) is 9.49. The van der Waals surface area contributed by atoms with E-state index in [-0.39, 0.29) is 17.8 Å². The molecule has 7 heteroatoms. The fourth-order valence-corrected chi connectivity index (χ4v) is 6.34. The van der Waals surface area contributed by atoms with E-state index in [1.165, 1.54) is 6.07 Å². The SMILES string of the molecule is CC(C)c1c(F)cccc1-c1cc(C(C)(C)C(O)NS(=O)(=O)C2(C)CC2)ccc1OC1CCCC1. The van der Waals surface area contributed by atoms with Gasteiger partial charge in [0.1, 0.15) is 17.8 Å². The van der Waals surface area contributed by atoms with E-state index in [1.807, 2.05) is 38.1 Å². The minimum absolute atomic E-state index is 0.0427. The number of benzene rings is 2. The van der Waals surface area contributed by atoms with Crippen LogP contribution < -0.4 is 9.46 Å². The number of hydrogen-bond donors (Lipinski definition) is 2. The van der Waals surface area contributed by atoms with Crippen LogP contribution in [0, 0.1) is 5.82 Å². The molecule has 2 N–H and O–H groups in total. The van der Waals surface area contributed by atoms with Gasteiger partial charge in [-0.1, -0.05) is 45.9 Å². The van der Waals surface area contributed by atoms with Crippen molar-refractivity contribution in [3.63, 3.8) is 0 Å². The third-order valence-electron chi connectivity index (χ3n) is 7.79. The normalized spacial score (nSPS) is 19.2. The fourth-order valence-electron chi connectivity index (χ4n) is 4.83. The van der Waals surface area contributed by atoms with Gasteiger partial charge in [-0.3, -0.25) is 0 Å². The van der Waals surface area contributed by atoms with Crippen LogP contribution in [0.25, 0.3) is 11.1 Å². The molecule has 2 saturated carbocycles. The number of sulfonamides is 1. The molecule has 5 nitrogen and oxygen atoms in total. The number of aliphatic hydroxyl groups excluding tert-OH is 1. The molecule has 0 amide bonds. The van der Waals surface area contributed by atoms with Crippen molar-refractivity contribution in [1.82, 2.24) is 4.72 Å². The quantitative estimate of drug-likeness (QED) is 0.411. The van der Waals surface area contributed by atoms with Gasteiger partial charge in [-0.2, -0.15) is 4.72 Å². The molecule has 2 aliphatic rings. The molecule has 0 aromatic heterocycles. The van der Waals surface area contributed by atoms with E-state index in [0.29, 0.717) is 24.2 Å². The molecule has 2 aliphatic carbocycles. The van der Waals surface area contributed by atoms with Gasteiger partial charge >= 0.3 is 0 Å². The molecule has 2 aromatic carbocycles. The lowest BCUT2D eigenvalue weighted by molar-refractivity contribution is 0.0891. The van der Waals surface area contributed by atoms with E-state index in [0.717, 1.165) is 42.4 Å². The lowest BCUT2D eigenvalue weighted by Crippen LogP contribution is -2.50. The molecule has 2 aromatic rings. The summed E-state index contributed by atoms with van der Waals surface area (Å²) in [6.45, 7) is 9.23. The summed E-state index contributed by atoms with van der Waals surface area (Å²) in [5, 5.41) is 11.0. The van der Waals surface area contributed by atoms with E-state index in [9.17, 15) is 17.9 Å². The average Bonchev–Trinajstić information content (AvgIpc) is 3.35. The smallest absolute Gasteiger partial charge is 0.219 e. The van der Waals surface area contributed by atoms with E-state index in [2.05, 4.69) is 4.72 Å². The van der Waals surface area contributed by atoms with Crippen LogP contribution in [0.15, 0.2) is 36.4 Å². The number of nitrogens with one attached hydrogen (secondary N) is 1. The Kier molecular flexibility index (Phi) is 7.08. The molecule has 1 unspecified atom stereocenters. The summed E-state index contributed by atoms with van der Waals surface area (Å²) in [6.07, 6.45) is 4.23. The summed E-state index contributed by atoms with van der Waals surface area (Å²) < 4.78 is 48.5. The molecule has 0 bridgehead atoms. The van der Waals surface area contributed by atoms with Gasteiger partial charge in [0.15, 0.2) is 0 Å². The van der Waals surface area contributed by atoms with Gasteiger partial charge in [-0.15, -0.1) is 0 Å². The van der Waals surface area contributed by atoms with Gasteiger partial charge in [0.25, 0.3) is 0 Å². The van der Waals surface area contributed by atoms with Crippen molar-refractivity contribution in [2.75, 3.05) is 0 Å². The van der Waals surface area contributed by atoms with Crippen molar-refractivity contribution >= 4 is 10.0 Å². The highest BCUT2D eigenvalue weighted by Gasteiger charge is 2.51. The minimum Gasteiger partial charge on any atom is -0.490 e. The highest BCUT2D eigenvalue weighted by Crippen LogP contribution is 2.44. The predicted molar refractivity (Wildman–Crippen MR) is 138 cm³/mol. The molecule has 4 rings (SSSR count). The van der Waals surface area contributed by atoms with Crippen molar-refractivity contribution in [3.05, 3.63) is 53.3 Å². The Hall–Kier alpha value is -1.96. The third-order valence-corrected chi connectivity index (χ3v) is 10.0. The topological polar surface area (TPSA) is 75.6 Å². The molecule has 0 aliphatic heterocycles.